The van der Waals surface area contributed by atoms with Crippen LogP contribution in [-0.2, 0) is 4.79 Å². The Kier molecular flexibility index (Phi) is 5.87. The Balaban J connectivity index is 1.88. The van der Waals surface area contributed by atoms with Crippen LogP contribution in [0.3, 0.4) is 0 Å². The first-order valence-corrected chi connectivity index (χ1v) is 7.57. The molecule has 0 bridgehead atoms. The summed E-state index contributed by atoms with van der Waals surface area (Å²) in [5.74, 6) is 1.27. The van der Waals surface area contributed by atoms with E-state index in [1.807, 2.05) is 13.0 Å². The van der Waals surface area contributed by atoms with Gasteiger partial charge in [-0.05, 0) is 31.9 Å². The highest BCUT2D eigenvalue weighted by Crippen LogP contribution is 2.30. The Morgan fingerprint density at radius 3 is 2.71 bits per heavy atom. The van der Waals surface area contributed by atoms with E-state index in [0.717, 1.165) is 5.69 Å². The predicted octanol–water partition coefficient (Wildman–Crippen LogP) is 2.56. The number of anilines is 1. The highest BCUT2D eigenvalue weighted by Gasteiger charge is 2.15. The van der Waals surface area contributed by atoms with Gasteiger partial charge in [0.1, 0.15) is 0 Å². The fourth-order valence-corrected chi connectivity index (χ4v) is 2.59. The Bertz CT molecular complexity index is 471. The molecule has 21 heavy (non-hydrogen) atoms. The van der Waals surface area contributed by atoms with Gasteiger partial charge in [-0.1, -0.05) is 12.8 Å². The van der Waals surface area contributed by atoms with Gasteiger partial charge in [0.15, 0.2) is 11.5 Å². The van der Waals surface area contributed by atoms with Crippen LogP contribution in [-0.4, -0.2) is 32.2 Å². The lowest BCUT2D eigenvalue weighted by atomic mass is 10.2. The number of benzene rings is 1. The van der Waals surface area contributed by atoms with Crippen molar-refractivity contribution in [2.75, 3.05) is 25.6 Å². The minimum atomic E-state index is -0.0329. The maximum absolute atomic E-state index is 11.9. The summed E-state index contributed by atoms with van der Waals surface area (Å²) >= 11 is 0. The van der Waals surface area contributed by atoms with E-state index in [1.54, 1.807) is 19.2 Å². The molecule has 5 heteroatoms. The van der Waals surface area contributed by atoms with Crippen molar-refractivity contribution in [1.82, 2.24) is 5.32 Å². The average Bonchev–Trinajstić information content (AvgIpc) is 2.99. The lowest BCUT2D eigenvalue weighted by molar-refractivity contribution is -0.115. The van der Waals surface area contributed by atoms with Gasteiger partial charge in [-0.15, -0.1) is 0 Å². The molecule has 2 rings (SSSR count). The van der Waals surface area contributed by atoms with E-state index in [9.17, 15) is 4.79 Å². The van der Waals surface area contributed by atoms with E-state index < -0.39 is 0 Å². The normalized spacial score (nSPS) is 15.0. The van der Waals surface area contributed by atoms with Gasteiger partial charge in [-0.2, -0.15) is 0 Å². The first kappa shape index (κ1) is 15.6. The van der Waals surface area contributed by atoms with Gasteiger partial charge in [0.2, 0.25) is 5.91 Å². The van der Waals surface area contributed by atoms with Gasteiger partial charge < -0.3 is 20.1 Å². The number of nitrogens with one attached hydrogen (secondary N) is 2. The fraction of sp³-hybridized carbons (Fsp3) is 0.562. The van der Waals surface area contributed by atoms with Gasteiger partial charge >= 0.3 is 0 Å². The summed E-state index contributed by atoms with van der Waals surface area (Å²) in [4.78, 5) is 11.9. The summed E-state index contributed by atoms with van der Waals surface area (Å²) in [7, 11) is 1.60. The molecule has 0 heterocycles. The van der Waals surface area contributed by atoms with E-state index >= 15 is 0 Å². The van der Waals surface area contributed by atoms with Crippen LogP contribution in [0.15, 0.2) is 18.2 Å². The third-order valence-corrected chi connectivity index (χ3v) is 3.65. The Morgan fingerprint density at radius 1 is 1.29 bits per heavy atom. The lowest BCUT2D eigenvalue weighted by Crippen LogP contribution is -2.34. The third-order valence-electron chi connectivity index (χ3n) is 3.65. The van der Waals surface area contributed by atoms with E-state index in [2.05, 4.69) is 10.6 Å². The van der Waals surface area contributed by atoms with Crippen molar-refractivity contribution in [3.05, 3.63) is 18.2 Å². The number of carbonyl (C=O) groups excluding carboxylic acids is 1. The molecule has 116 valence electrons. The maximum atomic E-state index is 11.9. The number of rotatable bonds is 7. The second-order valence-electron chi connectivity index (χ2n) is 5.21. The zero-order valence-electron chi connectivity index (χ0n) is 12.8. The average molecular weight is 292 g/mol. The molecule has 2 N–H and O–H groups in total. The number of hydrogen-bond donors (Lipinski definition) is 2. The van der Waals surface area contributed by atoms with Gasteiger partial charge in [0.25, 0.3) is 0 Å². The first-order chi connectivity index (χ1) is 10.2. The first-order valence-electron chi connectivity index (χ1n) is 7.57. The number of hydrogen-bond acceptors (Lipinski definition) is 4. The molecule has 1 aliphatic carbocycles. The van der Waals surface area contributed by atoms with E-state index in [4.69, 9.17) is 9.47 Å². The van der Waals surface area contributed by atoms with Crippen LogP contribution in [0.25, 0.3) is 0 Å². The van der Waals surface area contributed by atoms with Crippen LogP contribution >= 0.6 is 0 Å². The second kappa shape index (κ2) is 7.88. The molecule has 0 aliphatic heterocycles. The fourth-order valence-electron chi connectivity index (χ4n) is 2.59. The number of methoxy groups -OCH3 is 1. The van der Waals surface area contributed by atoms with Crippen molar-refractivity contribution in [2.24, 2.45) is 0 Å². The molecule has 0 aromatic heterocycles. The molecule has 0 saturated heterocycles. The molecule has 1 fully saturated rings. The highest BCUT2D eigenvalue weighted by atomic mass is 16.5. The van der Waals surface area contributed by atoms with Crippen molar-refractivity contribution in [3.8, 4) is 11.5 Å². The van der Waals surface area contributed by atoms with Crippen LogP contribution < -0.4 is 20.1 Å². The van der Waals surface area contributed by atoms with E-state index in [1.165, 1.54) is 25.7 Å². The smallest absolute Gasteiger partial charge is 0.238 e. The summed E-state index contributed by atoms with van der Waals surface area (Å²) in [6, 6.07) is 5.89. The molecule has 0 unspecified atom stereocenters. The lowest BCUT2D eigenvalue weighted by Gasteiger charge is -2.13. The number of ether oxygens (including phenoxy) is 2. The van der Waals surface area contributed by atoms with Crippen molar-refractivity contribution in [2.45, 2.75) is 38.6 Å². The standard InChI is InChI=1S/C16H24N2O3/c1-3-21-15-10-13(8-9-14(15)20-2)18-16(19)11-17-12-6-4-5-7-12/h8-10,12,17H,3-7,11H2,1-2H3,(H,18,19). The minimum absolute atomic E-state index is 0.0329. The van der Waals surface area contributed by atoms with Gasteiger partial charge in [-0.3, -0.25) is 4.79 Å². The summed E-state index contributed by atoms with van der Waals surface area (Å²) < 4.78 is 10.7. The van der Waals surface area contributed by atoms with Crippen molar-refractivity contribution in [3.63, 3.8) is 0 Å². The molecule has 0 atom stereocenters. The Hall–Kier alpha value is -1.75. The molecule has 0 spiro atoms. The summed E-state index contributed by atoms with van der Waals surface area (Å²) in [6.07, 6.45) is 4.86. The van der Waals surface area contributed by atoms with Crippen LogP contribution in [0.4, 0.5) is 5.69 Å². The van der Waals surface area contributed by atoms with Gasteiger partial charge in [0, 0.05) is 17.8 Å². The molecule has 1 aromatic rings. The molecular formula is C16H24N2O3. The van der Waals surface area contributed by atoms with Gasteiger partial charge in [0.05, 0.1) is 20.3 Å². The van der Waals surface area contributed by atoms with Crippen molar-refractivity contribution < 1.29 is 14.3 Å². The van der Waals surface area contributed by atoms with Crippen molar-refractivity contribution in [1.29, 1.82) is 0 Å². The van der Waals surface area contributed by atoms with E-state index in [0.29, 0.717) is 30.7 Å². The summed E-state index contributed by atoms with van der Waals surface area (Å²) in [5, 5.41) is 6.17. The molecular weight excluding hydrogens is 268 g/mol. The molecule has 5 nitrogen and oxygen atoms in total. The minimum Gasteiger partial charge on any atom is -0.493 e. The Morgan fingerprint density at radius 2 is 2.05 bits per heavy atom. The Labute approximate surface area is 126 Å². The zero-order valence-corrected chi connectivity index (χ0v) is 12.8. The zero-order chi connectivity index (χ0) is 15.1. The predicted molar refractivity (Wildman–Crippen MR) is 83.1 cm³/mol. The van der Waals surface area contributed by atoms with Crippen LogP contribution in [0.5, 0.6) is 11.5 Å². The third kappa shape index (κ3) is 4.63. The van der Waals surface area contributed by atoms with Gasteiger partial charge in [-0.25, -0.2) is 0 Å². The molecule has 0 radical (unpaired) electrons. The SMILES string of the molecule is CCOc1cc(NC(=O)CNC2CCCC2)ccc1OC. The van der Waals surface area contributed by atoms with Crippen LogP contribution in [0.1, 0.15) is 32.6 Å². The van der Waals surface area contributed by atoms with Crippen LogP contribution in [0, 0.1) is 0 Å². The molecule has 1 aliphatic rings. The monoisotopic (exact) mass is 292 g/mol. The second-order valence-corrected chi connectivity index (χ2v) is 5.21. The summed E-state index contributed by atoms with van der Waals surface area (Å²) in [5.41, 5.74) is 0.720. The van der Waals surface area contributed by atoms with Crippen molar-refractivity contribution >= 4 is 11.6 Å². The van der Waals surface area contributed by atoms with Crippen LogP contribution in [0.2, 0.25) is 0 Å². The molecule has 1 amide bonds. The number of amides is 1. The topological polar surface area (TPSA) is 59.6 Å². The summed E-state index contributed by atoms with van der Waals surface area (Å²) in [6.45, 7) is 2.81. The number of carbonyl (C=O) groups is 1. The molecule has 1 saturated carbocycles. The quantitative estimate of drug-likeness (QED) is 0.811. The van der Waals surface area contributed by atoms with E-state index in [-0.39, 0.29) is 5.91 Å². The highest BCUT2D eigenvalue weighted by molar-refractivity contribution is 5.92. The largest absolute Gasteiger partial charge is 0.493 e. The maximum Gasteiger partial charge on any atom is 0.238 e. The molecule has 1 aromatic carbocycles.